The molecule has 0 aliphatic carbocycles. The van der Waals surface area contributed by atoms with E-state index in [2.05, 4.69) is 5.32 Å². The number of fused-ring (bicyclic) bond motifs is 1. The minimum absolute atomic E-state index is 0.101. The lowest BCUT2D eigenvalue weighted by Gasteiger charge is -2.37. The fraction of sp³-hybridized carbons (Fsp3) is 0.321. The van der Waals surface area contributed by atoms with Gasteiger partial charge in [-0.25, -0.2) is 9.79 Å². The van der Waals surface area contributed by atoms with E-state index in [1.807, 2.05) is 46.7 Å². The van der Waals surface area contributed by atoms with Gasteiger partial charge in [0, 0.05) is 24.9 Å². The van der Waals surface area contributed by atoms with E-state index in [1.165, 1.54) is 11.8 Å². The van der Waals surface area contributed by atoms with Gasteiger partial charge in [0.1, 0.15) is 18.1 Å². The van der Waals surface area contributed by atoms with Gasteiger partial charge < -0.3 is 29.2 Å². The number of rotatable bonds is 11. The summed E-state index contributed by atoms with van der Waals surface area (Å²) in [7, 11) is 4.74. The van der Waals surface area contributed by atoms with E-state index in [4.69, 9.17) is 23.9 Å². The monoisotopic (exact) mass is 537 g/mol. The van der Waals surface area contributed by atoms with Gasteiger partial charge in [0.2, 0.25) is 5.91 Å². The minimum atomic E-state index is -0.649. The molecule has 0 unspecified atom stereocenters. The fourth-order valence-corrected chi connectivity index (χ4v) is 5.26. The first-order valence-corrected chi connectivity index (χ1v) is 13.0. The molecule has 1 atom stereocenters. The van der Waals surface area contributed by atoms with Gasteiger partial charge >= 0.3 is 5.97 Å². The first kappa shape index (κ1) is 27.3. The Balaban J connectivity index is 1.72. The Morgan fingerprint density at radius 1 is 1.08 bits per heavy atom. The van der Waals surface area contributed by atoms with Crippen LogP contribution in [-0.4, -0.2) is 56.4 Å². The van der Waals surface area contributed by atoms with Crippen molar-refractivity contribution < 1.29 is 28.5 Å². The zero-order chi connectivity index (χ0) is 27.1. The van der Waals surface area contributed by atoms with E-state index in [0.29, 0.717) is 52.3 Å². The number of hydrogen-bond donors (Lipinski definition) is 1. The SMILES string of the molecule is COCCNC(=O)CC1=CSC2=NC(C)=C(C(=O)OCc3ccccc3)[C@H](c3cc(OC)ccc3OC)N12. The molecule has 1 amide bonds. The Morgan fingerprint density at radius 2 is 1.87 bits per heavy atom. The Labute approximate surface area is 226 Å². The largest absolute Gasteiger partial charge is 0.497 e. The zero-order valence-electron chi connectivity index (χ0n) is 21.9. The van der Waals surface area contributed by atoms with Crippen LogP contribution in [0.4, 0.5) is 0 Å². The number of esters is 1. The molecule has 0 bridgehead atoms. The lowest BCUT2D eigenvalue weighted by molar-refractivity contribution is -0.141. The summed E-state index contributed by atoms with van der Waals surface area (Å²) in [6.07, 6.45) is 0.101. The lowest BCUT2D eigenvalue weighted by Crippen LogP contribution is -2.38. The molecule has 2 heterocycles. The number of nitrogens with one attached hydrogen (secondary N) is 1. The summed E-state index contributed by atoms with van der Waals surface area (Å²) in [5, 5.41) is 5.41. The van der Waals surface area contributed by atoms with Crippen molar-refractivity contribution in [3.05, 3.63) is 82.0 Å². The van der Waals surface area contributed by atoms with E-state index < -0.39 is 12.0 Å². The van der Waals surface area contributed by atoms with Gasteiger partial charge in [0.15, 0.2) is 5.17 Å². The Kier molecular flexibility index (Phi) is 9.09. The van der Waals surface area contributed by atoms with Crippen molar-refractivity contribution in [2.75, 3.05) is 34.5 Å². The molecule has 0 saturated carbocycles. The molecule has 0 spiro atoms. The number of carbonyl (C=O) groups is 2. The number of allylic oxidation sites excluding steroid dienone is 1. The van der Waals surface area contributed by atoms with Gasteiger partial charge in [-0.3, -0.25) is 4.79 Å². The molecular formula is C28H31N3O6S. The van der Waals surface area contributed by atoms with Crippen molar-refractivity contribution in [2.45, 2.75) is 26.0 Å². The molecule has 2 aromatic carbocycles. The highest BCUT2D eigenvalue weighted by molar-refractivity contribution is 8.16. The molecule has 2 aliphatic rings. The van der Waals surface area contributed by atoms with Gasteiger partial charge in [-0.05, 0) is 36.1 Å². The van der Waals surface area contributed by atoms with Crippen LogP contribution in [-0.2, 0) is 25.7 Å². The van der Waals surface area contributed by atoms with Crippen molar-refractivity contribution in [1.29, 1.82) is 0 Å². The summed E-state index contributed by atoms with van der Waals surface area (Å²) in [5.41, 5.74) is 3.18. The maximum absolute atomic E-state index is 13.6. The second-order valence-corrected chi connectivity index (χ2v) is 9.42. The van der Waals surface area contributed by atoms with Crippen molar-refractivity contribution in [1.82, 2.24) is 10.2 Å². The van der Waals surface area contributed by atoms with E-state index in [0.717, 1.165) is 5.56 Å². The van der Waals surface area contributed by atoms with Gasteiger partial charge in [-0.1, -0.05) is 42.1 Å². The first-order valence-electron chi connectivity index (χ1n) is 12.1. The summed E-state index contributed by atoms with van der Waals surface area (Å²) < 4.78 is 22.0. The van der Waals surface area contributed by atoms with Gasteiger partial charge in [0.25, 0.3) is 0 Å². The predicted molar refractivity (Wildman–Crippen MR) is 146 cm³/mol. The molecule has 0 aromatic heterocycles. The number of aliphatic imine (C=N–C) groups is 1. The third-order valence-electron chi connectivity index (χ3n) is 6.13. The third-order valence-corrected chi connectivity index (χ3v) is 7.02. The maximum Gasteiger partial charge on any atom is 0.338 e. The molecule has 10 heteroatoms. The lowest BCUT2D eigenvalue weighted by atomic mass is 9.92. The molecule has 2 aliphatic heterocycles. The van der Waals surface area contributed by atoms with E-state index in [-0.39, 0.29) is 18.9 Å². The minimum Gasteiger partial charge on any atom is -0.497 e. The van der Waals surface area contributed by atoms with E-state index in [1.54, 1.807) is 40.4 Å². The summed E-state index contributed by atoms with van der Waals surface area (Å²) in [4.78, 5) is 33.0. The number of hydrogen-bond acceptors (Lipinski definition) is 9. The number of thioether (sulfide) groups is 1. The van der Waals surface area contributed by atoms with Crippen LogP contribution in [0.3, 0.4) is 0 Å². The highest BCUT2D eigenvalue weighted by atomic mass is 32.2. The van der Waals surface area contributed by atoms with Crippen LogP contribution in [0.1, 0.15) is 30.5 Å². The second-order valence-electron chi connectivity index (χ2n) is 8.58. The number of ether oxygens (including phenoxy) is 4. The van der Waals surface area contributed by atoms with Crippen molar-refractivity contribution in [3.8, 4) is 11.5 Å². The zero-order valence-corrected chi connectivity index (χ0v) is 22.7. The summed E-state index contributed by atoms with van der Waals surface area (Å²) >= 11 is 1.41. The summed E-state index contributed by atoms with van der Waals surface area (Å²) in [6.45, 7) is 2.73. The van der Waals surface area contributed by atoms with Crippen LogP contribution >= 0.6 is 11.8 Å². The van der Waals surface area contributed by atoms with Crippen LogP contribution in [0.25, 0.3) is 0 Å². The molecule has 200 valence electrons. The highest BCUT2D eigenvalue weighted by Gasteiger charge is 2.42. The van der Waals surface area contributed by atoms with Gasteiger partial charge in [-0.2, -0.15) is 0 Å². The maximum atomic E-state index is 13.6. The molecular weight excluding hydrogens is 506 g/mol. The highest BCUT2D eigenvalue weighted by Crippen LogP contribution is 2.47. The van der Waals surface area contributed by atoms with Crippen molar-refractivity contribution >= 4 is 28.8 Å². The Hall–Kier alpha value is -3.76. The smallest absolute Gasteiger partial charge is 0.338 e. The Morgan fingerprint density at radius 3 is 2.58 bits per heavy atom. The third kappa shape index (κ3) is 6.03. The molecule has 4 rings (SSSR count). The second kappa shape index (κ2) is 12.7. The number of carbonyl (C=O) groups excluding carboxylic acids is 2. The molecule has 9 nitrogen and oxygen atoms in total. The number of benzene rings is 2. The van der Waals surface area contributed by atoms with Gasteiger partial charge in [0.05, 0.1) is 44.6 Å². The van der Waals surface area contributed by atoms with Crippen LogP contribution in [0.15, 0.2) is 75.9 Å². The van der Waals surface area contributed by atoms with E-state index >= 15 is 0 Å². The van der Waals surface area contributed by atoms with Crippen molar-refractivity contribution in [2.24, 2.45) is 4.99 Å². The summed E-state index contributed by atoms with van der Waals surface area (Å²) in [5.74, 6) is 0.518. The quantitative estimate of drug-likeness (QED) is 0.337. The topological polar surface area (TPSA) is 98.7 Å². The van der Waals surface area contributed by atoms with Crippen LogP contribution in [0.2, 0.25) is 0 Å². The van der Waals surface area contributed by atoms with Crippen LogP contribution in [0.5, 0.6) is 11.5 Å². The van der Waals surface area contributed by atoms with Crippen molar-refractivity contribution in [3.63, 3.8) is 0 Å². The molecule has 38 heavy (non-hydrogen) atoms. The normalized spacial score (nSPS) is 16.4. The molecule has 0 radical (unpaired) electrons. The standard InChI is InChI=1S/C28H31N3O6S/c1-18-25(27(33)37-16-19-8-6-5-7-9-19)26(22-15-21(35-3)10-11-23(22)36-4)31-20(17-38-28(31)30-18)14-24(32)29-12-13-34-2/h5-11,15,17,26H,12-14,16H2,1-4H3,(H,29,32)/t26-/m0/s1. The average molecular weight is 538 g/mol. The first-order chi connectivity index (χ1) is 18.5. The van der Waals surface area contributed by atoms with Crippen LogP contribution < -0.4 is 14.8 Å². The molecule has 1 N–H and O–H groups in total. The Bertz CT molecular complexity index is 1270. The fourth-order valence-electron chi connectivity index (χ4n) is 4.30. The molecule has 0 fully saturated rings. The predicted octanol–water partition coefficient (Wildman–Crippen LogP) is 4.17. The van der Waals surface area contributed by atoms with Crippen LogP contribution in [0, 0.1) is 0 Å². The number of amidine groups is 1. The number of amides is 1. The van der Waals surface area contributed by atoms with Gasteiger partial charge in [-0.15, -0.1) is 0 Å². The molecule has 2 aromatic rings. The average Bonchev–Trinajstić information content (AvgIpc) is 3.32. The molecule has 0 saturated heterocycles. The number of nitrogens with zero attached hydrogens (tertiary/aromatic N) is 2. The number of methoxy groups -OCH3 is 3. The van der Waals surface area contributed by atoms with E-state index in [9.17, 15) is 9.59 Å². The summed E-state index contributed by atoms with van der Waals surface area (Å²) in [6, 6.07) is 14.3.